The molecule has 4 aromatic rings. The van der Waals surface area contributed by atoms with Gasteiger partial charge in [-0.2, -0.15) is 4.31 Å². The van der Waals surface area contributed by atoms with Crippen molar-refractivity contribution in [3.63, 3.8) is 0 Å². The van der Waals surface area contributed by atoms with E-state index >= 15 is 0 Å². The average Bonchev–Trinajstić information content (AvgIpc) is 2.85. The second kappa shape index (κ2) is 10.5. The molecule has 0 aliphatic rings. The number of hydrogen-bond donors (Lipinski definition) is 1. The van der Waals surface area contributed by atoms with Crippen molar-refractivity contribution in [1.29, 1.82) is 0 Å². The van der Waals surface area contributed by atoms with Crippen LogP contribution in [0.4, 0.5) is 0 Å². The highest BCUT2D eigenvalue weighted by Crippen LogP contribution is 2.24. The Bertz CT molecular complexity index is 1580. The van der Waals surface area contributed by atoms with E-state index in [1.807, 2.05) is 56.3 Å². The van der Waals surface area contributed by atoms with Gasteiger partial charge in [-0.3, -0.25) is 4.79 Å². The Morgan fingerprint density at radius 2 is 1.69 bits per heavy atom. The molecule has 0 saturated carbocycles. The maximum atomic E-state index is 13.8. The molecule has 0 bridgehead atoms. The van der Waals surface area contributed by atoms with E-state index in [2.05, 4.69) is 4.98 Å². The third kappa shape index (κ3) is 5.40. The number of hydrogen-bond acceptors (Lipinski definition) is 5. The molecule has 0 aliphatic heterocycles. The number of carbonyl (C=O) groups excluding carboxylic acids is 1. The number of nitrogens with zero attached hydrogens (tertiary/aromatic N) is 1. The summed E-state index contributed by atoms with van der Waals surface area (Å²) in [6.07, 6.45) is 0. The van der Waals surface area contributed by atoms with Crippen LogP contribution in [-0.4, -0.2) is 30.3 Å². The van der Waals surface area contributed by atoms with Gasteiger partial charge in [0.15, 0.2) is 0 Å². The number of benzene rings is 3. The number of rotatable bonds is 8. The molecule has 0 fully saturated rings. The lowest BCUT2D eigenvalue weighted by Gasteiger charge is -2.23. The molecule has 3 aromatic carbocycles. The lowest BCUT2D eigenvalue weighted by molar-refractivity contribution is 0.0526. The maximum absolute atomic E-state index is 13.8. The van der Waals surface area contributed by atoms with Crippen molar-refractivity contribution in [2.24, 2.45) is 0 Å². The van der Waals surface area contributed by atoms with Gasteiger partial charge in [0.2, 0.25) is 10.0 Å². The van der Waals surface area contributed by atoms with Gasteiger partial charge in [0.25, 0.3) is 5.56 Å². The number of aryl methyl sites for hydroxylation is 2. The zero-order chi connectivity index (χ0) is 25.9. The number of H-pyrrole nitrogens is 1. The minimum absolute atomic E-state index is 0.0481. The largest absolute Gasteiger partial charge is 0.462 e. The zero-order valence-electron chi connectivity index (χ0n) is 20.4. The van der Waals surface area contributed by atoms with Crippen molar-refractivity contribution in [3.05, 3.63) is 111 Å². The smallest absolute Gasteiger partial charge is 0.338 e. The van der Waals surface area contributed by atoms with E-state index in [4.69, 9.17) is 4.74 Å². The normalized spacial score (nSPS) is 11.7. The van der Waals surface area contributed by atoms with Gasteiger partial charge in [-0.1, -0.05) is 42.5 Å². The fraction of sp³-hybridized carbons (Fsp3) is 0.214. The minimum atomic E-state index is -4.08. The van der Waals surface area contributed by atoms with Crippen molar-refractivity contribution < 1.29 is 17.9 Å². The first-order valence-corrected chi connectivity index (χ1v) is 13.1. The van der Waals surface area contributed by atoms with Crippen molar-refractivity contribution >= 4 is 26.9 Å². The Kier molecular flexibility index (Phi) is 7.37. The summed E-state index contributed by atoms with van der Waals surface area (Å²) < 4.78 is 33.9. The molecule has 8 heteroatoms. The van der Waals surface area contributed by atoms with Crippen LogP contribution in [0.2, 0.25) is 0 Å². The van der Waals surface area contributed by atoms with Gasteiger partial charge in [0.05, 0.1) is 17.1 Å². The molecule has 0 saturated heterocycles. The van der Waals surface area contributed by atoms with E-state index in [-0.39, 0.29) is 35.7 Å². The Morgan fingerprint density at radius 3 is 2.42 bits per heavy atom. The molecular weight excluding hydrogens is 476 g/mol. The molecule has 36 heavy (non-hydrogen) atoms. The number of aromatic amines is 1. The van der Waals surface area contributed by atoms with E-state index in [0.717, 1.165) is 22.1 Å². The van der Waals surface area contributed by atoms with Crippen LogP contribution in [0, 0.1) is 13.8 Å². The molecule has 1 heterocycles. The number of ether oxygens (including phenoxy) is 1. The van der Waals surface area contributed by atoms with Crippen LogP contribution in [0.15, 0.2) is 82.5 Å². The summed E-state index contributed by atoms with van der Waals surface area (Å²) in [5.74, 6) is -0.596. The third-order valence-corrected chi connectivity index (χ3v) is 7.71. The van der Waals surface area contributed by atoms with Crippen LogP contribution >= 0.6 is 0 Å². The highest BCUT2D eigenvalue weighted by Gasteiger charge is 2.27. The minimum Gasteiger partial charge on any atom is -0.462 e. The summed E-state index contributed by atoms with van der Waals surface area (Å²) in [6, 6.07) is 20.6. The Labute approximate surface area is 210 Å². The predicted molar refractivity (Wildman–Crippen MR) is 139 cm³/mol. The number of fused-ring (bicyclic) bond motifs is 1. The molecule has 0 atom stereocenters. The highest BCUT2D eigenvalue weighted by atomic mass is 32.2. The van der Waals surface area contributed by atoms with Gasteiger partial charge < -0.3 is 9.72 Å². The van der Waals surface area contributed by atoms with Crippen LogP contribution in [0.25, 0.3) is 10.9 Å². The zero-order valence-corrected chi connectivity index (χ0v) is 21.3. The van der Waals surface area contributed by atoms with Crippen LogP contribution < -0.4 is 5.56 Å². The SMILES string of the molecule is CCOC(=O)c1cccc(S(=O)(=O)N(Cc2ccccc2)Cc2cc3c(C)cc(C)cc3[nH]c2=O)c1. The monoisotopic (exact) mass is 504 g/mol. The van der Waals surface area contributed by atoms with Gasteiger partial charge in [0.1, 0.15) is 0 Å². The fourth-order valence-electron chi connectivity index (χ4n) is 4.18. The molecule has 1 N–H and O–H groups in total. The molecule has 4 rings (SSSR count). The summed E-state index contributed by atoms with van der Waals surface area (Å²) in [7, 11) is -4.08. The summed E-state index contributed by atoms with van der Waals surface area (Å²) in [6.45, 7) is 5.69. The van der Waals surface area contributed by atoms with Crippen molar-refractivity contribution in [1.82, 2.24) is 9.29 Å². The van der Waals surface area contributed by atoms with E-state index in [0.29, 0.717) is 11.1 Å². The first-order valence-electron chi connectivity index (χ1n) is 11.6. The van der Waals surface area contributed by atoms with Crippen LogP contribution in [0.1, 0.15) is 39.5 Å². The van der Waals surface area contributed by atoms with Gasteiger partial charge in [0, 0.05) is 29.6 Å². The molecule has 0 spiro atoms. The van der Waals surface area contributed by atoms with Crippen LogP contribution in [0.5, 0.6) is 0 Å². The molecule has 186 valence electrons. The molecule has 0 aliphatic carbocycles. The van der Waals surface area contributed by atoms with E-state index in [1.54, 1.807) is 13.0 Å². The Hall–Kier alpha value is -3.75. The van der Waals surface area contributed by atoms with Gasteiger partial charge in [-0.15, -0.1) is 0 Å². The molecule has 0 radical (unpaired) electrons. The second-order valence-corrected chi connectivity index (χ2v) is 10.6. The number of aromatic nitrogens is 1. The summed E-state index contributed by atoms with van der Waals surface area (Å²) in [5.41, 5.74) is 3.62. The quantitative estimate of drug-likeness (QED) is 0.351. The standard InChI is InChI=1S/C28H28N2O5S/c1-4-35-28(32)22-11-8-12-24(15-22)36(33,34)30(17-21-9-6-5-7-10-21)18-23-16-25-20(3)13-19(2)14-26(25)29-27(23)31/h5-16H,4,17-18H2,1-3H3,(H,29,31). The summed E-state index contributed by atoms with van der Waals surface area (Å²) in [5, 5.41) is 0.858. The number of carbonyl (C=O) groups is 1. The topological polar surface area (TPSA) is 96.5 Å². The molecule has 0 unspecified atom stereocenters. The van der Waals surface area contributed by atoms with Crippen molar-refractivity contribution in [2.45, 2.75) is 38.8 Å². The first kappa shape index (κ1) is 25.3. The van der Waals surface area contributed by atoms with Crippen LogP contribution in [-0.2, 0) is 27.8 Å². The second-order valence-electron chi connectivity index (χ2n) is 8.67. The Morgan fingerprint density at radius 1 is 0.944 bits per heavy atom. The maximum Gasteiger partial charge on any atom is 0.338 e. The lowest BCUT2D eigenvalue weighted by Crippen LogP contribution is -2.32. The number of sulfonamides is 1. The fourth-order valence-corrected chi connectivity index (χ4v) is 5.64. The number of nitrogens with one attached hydrogen (secondary N) is 1. The lowest BCUT2D eigenvalue weighted by atomic mass is 10.0. The molecule has 1 aromatic heterocycles. The molecular formula is C28H28N2O5S. The molecule has 7 nitrogen and oxygen atoms in total. The predicted octanol–water partition coefficient (Wildman–Crippen LogP) is 4.71. The van der Waals surface area contributed by atoms with Crippen molar-refractivity contribution in [2.75, 3.05) is 6.61 Å². The average molecular weight is 505 g/mol. The first-order chi connectivity index (χ1) is 17.2. The van der Waals surface area contributed by atoms with Crippen molar-refractivity contribution in [3.8, 4) is 0 Å². The summed E-state index contributed by atoms with van der Waals surface area (Å²) in [4.78, 5) is 28.1. The van der Waals surface area contributed by atoms with Gasteiger partial charge in [-0.25, -0.2) is 13.2 Å². The Balaban J connectivity index is 1.79. The van der Waals surface area contributed by atoms with Gasteiger partial charge >= 0.3 is 5.97 Å². The third-order valence-electron chi connectivity index (χ3n) is 5.92. The highest BCUT2D eigenvalue weighted by molar-refractivity contribution is 7.89. The molecule has 0 amide bonds. The van der Waals surface area contributed by atoms with E-state index < -0.39 is 16.0 Å². The number of pyridine rings is 1. The van der Waals surface area contributed by atoms with E-state index in [9.17, 15) is 18.0 Å². The summed E-state index contributed by atoms with van der Waals surface area (Å²) >= 11 is 0. The van der Waals surface area contributed by atoms with Gasteiger partial charge in [-0.05, 0) is 67.8 Å². The number of esters is 1. The van der Waals surface area contributed by atoms with E-state index in [1.165, 1.54) is 28.6 Å². The van der Waals surface area contributed by atoms with Crippen LogP contribution in [0.3, 0.4) is 0 Å².